The molecule has 0 saturated heterocycles. The first kappa shape index (κ1) is 22.6. The van der Waals surface area contributed by atoms with Crippen LogP contribution in [0, 0.1) is 0 Å². The number of carbonyl (C=O) groups is 2. The van der Waals surface area contributed by atoms with Crippen LogP contribution in [0.5, 0.6) is 5.75 Å². The lowest BCUT2D eigenvalue weighted by Crippen LogP contribution is -2.39. The van der Waals surface area contributed by atoms with Gasteiger partial charge in [0.2, 0.25) is 0 Å². The molecular formula is C24H28N4O5. The summed E-state index contributed by atoms with van der Waals surface area (Å²) in [7, 11) is 0. The molecule has 1 aliphatic rings. The number of carbonyl (C=O) groups excluding carboxylic acids is 2. The Labute approximate surface area is 191 Å². The highest BCUT2D eigenvalue weighted by Crippen LogP contribution is 2.20. The summed E-state index contributed by atoms with van der Waals surface area (Å²) in [5, 5.41) is 7.25. The van der Waals surface area contributed by atoms with Crippen LogP contribution in [0.2, 0.25) is 0 Å². The summed E-state index contributed by atoms with van der Waals surface area (Å²) in [5.41, 5.74) is 0.371. The summed E-state index contributed by atoms with van der Waals surface area (Å²) in [6.07, 6.45) is 6.61. The van der Waals surface area contributed by atoms with Crippen LogP contribution >= 0.6 is 0 Å². The van der Waals surface area contributed by atoms with Crippen LogP contribution in [0.25, 0.3) is 11.2 Å². The van der Waals surface area contributed by atoms with Gasteiger partial charge in [-0.25, -0.2) is 9.31 Å². The van der Waals surface area contributed by atoms with Gasteiger partial charge in [-0.2, -0.15) is 5.10 Å². The first-order valence-electron chi connectivity index (χ1n) is 11.4. The Bertz CT molecular complexity index is 1210. The van der Waals surface area contributed by atoms with Crippen LogP contribution in [0.3, 0.4) is 0 Å². The van der Waals surface area contributed by atoms with Gasteiger partial charge in [0.15, 0.2) is 5.69 Å². The third kappa shape index (κ3) is 4.76. The molecule has 1 N–H and O–H groups in total. The molecule has 0 bridgehead atoms. The first-order valence-corrected chi connectivity index (χ1v) is 11.4. The highest BCUT2D eigenvalue weighted by Gasteiger charge is 2.23. The lowest BCUT2D eigenvalue weighted by molar-refractivity contribution is 0.0519. The highest BCUT2D eigenvalue weighted by atomic mass is 16.5. The Morgan fingerprint density at radius 2 is 1.82 bits per heavy atom. The molecule has 3 aromatic rings. The number of benzene rings is 1. The molecule has 1 fully saturated rings. The highest BCUT2D eigenvalue weighted by molar-refractivity contribution is 5.94. The maximum atomic E-state index is 13.5. The van der Waals surface area contributed by atoms with Crippen molar-refractivity contribution in [2.45, 2.75) is 52.0 Å². The van der Waals surface area contributed by atoms with Crippen molar-refractivity contribution in [3.05, 3.63) is 58.3 Å². The number of hydrogen-bond acceptors (Lipinski definition) is 6. The Hall–Kier alpha value is -3.62. The standard InChI is InChI=1S/C24H28N4O5/c1-3-32-18-12-10-17(11-13-18)28-21(22(29)25-16-8-6-5-7-9-16)15-27-20(23(28)30)14-19(26-27)24(31)33-4-2/h10-16H,3-9H2,1-2H3,(H,25,29). The molecule has 9 nitrogen and oxygen atoms in total. The minimum Gasteiger partial charge on any atom is -0.494 e. The van der Waals surface area contributed by atoms with E-state index in [9.17, 15) is 14.4 Å². The Kier molecular flexibility index (Phi) is 6.76. The number of hydrogen-bond donors (Lipinski definition) is 1. The third-order valence-corrected chi connectivity index (χ3v) is 5.71. The molecule has 1 aromatic carbocycles. The average molecular weight is 453 g/mol. The van der Waals surface area contributed by atoms with E-state index in [1.54, 1.807) is 31.2 Å². The SMILES string of the molecule is CCOC(=O)c1cc2c(=O)n(-c3ccc(OCC)cc3)c(C(=O)NC3CCCCC3)cn2n1. The fourth-order valence-corrected chi connectivity index (χ4v) is 4.14. The molecule has 33 heavy (non-hydrogen) atoms. The van der Waals surface area contributed by atoms with Gasteiger partial charge in [0.05, 0.1) is 19.4 Å². The molecule has 0 atom stereocenters. The number of amides is 1. The number of nitrogens with one attached hydrogen (secondary N) is 1. The molecule has 0 radical (unpaired) electrons. The Morgan fingerprint density at radius 1 is 1.09 bits per heavy atom. The molecule has 174 valence electrons. The molecule has 1 saturated carbocycles. The Balaban J connectivity index is 1.81. The molecule has 9 heteroatoms. The van der Waals surface area contributed by atoms with Gasteiger partial charge in [-0.15, -0.1) is 0 Å². The van der Waals surface area contributed by atoms with E-state index in [1.165, 1.54) is 27.8 Å². The predicted octanol–water partition coefficient (Wildman–Crippen LogP) is 3.12. The van der Waals surface area contributed by atoms with Crippen molar-refractivity contribution in [2.75, 3.05) is 13.2 Å². The molecule has 0 unspecified atom stereocenters. The minimum atomic E-state index is -0.624. The molecule has 0 aliphatic heterocycles. The van der Waals surface area contributed by atoms with Crippen molar-refractivity contribution in [3.8, 4) is 11.4 Å². The minimum absolute atomic E-state index is 0.0111. The fourth-order valence-electron chi connectivity index (χ4n) is 4.14. The van der Waals surface area contributed by atoms with Crippen LogP contribution in [-0.4, -0.2) is 45.3 Å². The number of rotatable bonds is 7. The second kappa shape index (κ2) is 9.89. The van der Waals surface area contributed by atoms with E-state index in [-0.39, 0.29) is 35.5 Å². The van der Waals surface area contributed by atoms with E-state index >= 15 is 0 Å². The van der Waals surface area contributed by atoms with Crippen molar-refractivity contribution in [3.63, 3.8) is 0 Å². The van der Waals surface area contributed by atoms with Crippen molar-refractivity contribution in [1.82, 2.24) is 19.5 Å². The van der Waals surface area contributed by atoms with Gasteiger partial charge in [0.1, 0.15) is 17.0 Å². The summed E-state index contributed by atoms with van der Waals surface area (Å²) < 4.78 is 13.1. The van der Waals surface area contributed by atoms with Crippen molar-refractivity contribution in [1.29, 1.82) is 0 Å². The smallest absolute Gasteiger partial charge is 0.358 e. The molecule has 0 spiro atoms. The van der Waals surface area contributed by atoms with E-state index in [2.05, 4.69) is 10.4 Å². The number of aromatic nitrogens is 3. The van der Waals surface area contributed by atoms with Crippen LogP contribution in [0.15, 0.2) is 41.3 Å². The molecule has 1 aliphatic carbocycles. The van der Waals surface area contributed by atoms with E-state index in [4.69, 9.17) is 9.47 Å². The maximum absolute atomic E-state index is 13.5. The van der Waals surface area contributed by atoms with E-state index in [1.807, 2.05) is 6.92 Å². The lowest BCUT2D eigenvalue weighted by Gasteiger charge is -2.23. The van der Waals surface area contributed by atoms with Gasteiger partial charge >= 0.3 is 5.97 Å². The van der Waals surface area contributed by atoms with E-state index in [0.717, 1.165) is 25.7 Å². The van der Waals surface area contributed by atoms with Gasteiger partial charge in [0, 0.05) is 17.8 Å². The summed E-state index contributed by atoms with van der Waals surface area (Å²) in [4.78, 5) is 38.9. The molecular weight excluding hydrogens is 424 g/mol. The van der Waals surface area contributed by atoms with Crippen molar-refractivity contribution in [2.24, 2.45) is 0 Å². The molecule has 1 amide bonds. The zero-order chi connectivity index (χ0) is 23.4. The second-order valence-corrected chi connectivity index (χ2v) is 7.97. The van der Waals surface area contributed by atoms with Crippen LogP contribution < -0.4 is 15.6 Å². The topological polar surface area (TPSA) is 104 Å². The Morgan fingerprint density at radius 3 is 2.48 bits per heavy atom. The number of nitrogens with zero attached hydrogens (tertiary/aromatic N) is 3. The fraction of sp³-hybridized carbons (Fsp3) is 0.417. The van der Waals surface area contributed by atoms with Gasteiger partial charge in [-0.3, -0.25) is 14.2 Å². The van der Waals surface area contributed by atoms with Crippen molar-refractivity contribution < 1.29 is 19.1 Å². The van der Waals surface area contributed by atoms with Gasteiger partial charge < -0.3 is 14.8 Å². The zero-order valence-electron chi connectivity index (χ0n) is 18.9. The van der Waals surface area contributed by atoms with Crippen LogP contribution in [0.4, 0.5) is 0 Å². The van der Waals surface area contributed by atoms with Crippen LogP contribution in [-0.2, 0) is 4.74 Å². The summed E-state index contributed by atoms with van der Waals surface area (Å²) in [6, 6.07) is 8.40. The zero-order valence-corrected chi connectivity index (χ0v) is 18.9. The monoisotopic (exact) mass is 452 g/mol. The average Bonchev–Trinajstić information content (AvgIpc) is 3.26. The summed E-state index contributed by atoms with van der Waals surface area (Å²) in [5.74, 6) is -0.318. The molecule has 4 rings (SSSR count). The first-order chi connectivity index (χ1) is 16.0. The third-order valence-electron chi connectivity index (χ3n) is 5.71. The summed E-state index contributed by atoms with van der Waals surface area (Å²) >= 11 is 0. The largest absolute Gasteiger partial charge is 0.494 e. The second-order valence-electron chi connectivity index (χ2n) is 7.97. The van der Waals surface area contributed by atoms with Gasteiger partial charge in [-0.05, 0) is 51.0 Å². The quantitative estimate of drug-likeness (QED) is 0.553. The lowest BCUT2D eigenvalue weighted by atomic mass is 9.95. The van der Waals surface area contributed by atoms with E-state index in [0.29, 0.717) is 18.0 Å². The maximum Gasteiger partial charge on any atom is 0.358 e. The van der Waals surface area contributed by atoms with Gasteiger partial charge in [-0.1, -0.05) is 19.3 Å². The summed E-state index contributed by atoms with van der Waals surface area (Å²) in [6.45, 7) is 4.30. The van der Waals surface area contributed by atoms with Crippen LogP contribution in [0.1, 0.15) is 66.9 Å². The van der Waals surface area contributed by atoms with Gasteiger partial charge in [0.25, 0.3) is 11.5 Å². The number of esters is 1. The molecule has 2 heterocycles. The number of ether oxygens (including phenoxy) is 2. The number of fused-ring (bicyclic) bond motifs is 1. The predicted molar refractivity (Wildman–Crippen MR) is 122 cm³/mol. The van der Waals surface area contributed by atoms with E-state index < -0.39 is 11.5 Å². The normalized spacial score (nSPS) is 14.2. The van der Waals surface area contributed by atoms with Crippen molar-refractivity contribution >= 4 is 17.4 Å². The molecule has 2 aromatic heterocycles.